The number of benzene rings is 2. The van der Waals surface area contributed by atoms with Crippen molar-refractivity contribution in [2.45, 2.75) is 12.5 Å². The Morgan fingerprint density at radius 1 is 1.10 bits per heavy atom. The SMILES string of the molecule is COC(=O)C1Cc2ccccc2N1C(=O)c1cccc(NC(=O)c2ccc(Br)o2)c1. The quantitative estimate of drug-likeness (QED) is 0.583. The van der Waals surface area contributed by atoms with Gasteiger partial charge in [-0.3, -0.25) is 14.5 Å². The Morgan fingerprint density at radius 3 is 2.63 bits per heavy atom. The van der Waals surface area contributed by atoms with Crippen molar-refractivity contribution in [2.24, 2.45) is 0 Å². The molecule has 0 saturated heterocycles. The second kappa shape index (κ2) is 8.16. The number of amides is 2. The minimum Gasteiger partial charge on any atom is -0.467 e. The van der Waals surface area contributed by atoms with E-state index < -0.39 is 17.9 Å². The number of para-hydroxylation sites is 1. The number of rotatable bonds is 4. The highest BCUT2D eigenvalue weighted by Crippen LogP contribution is 2.34. The summed E-state index contributed by atoms with van der Waals surface area (Å²) in [5, 5.41) is 2.71. The molecule has 1 aliphatic rings. The Bertz CT molecular complexity index is 1140. The lowest BCUT2D eigenvalue weighted by Crippen LogP contribution is -2.43. The van der Waals surface area contributed by atoms with Gasteiger partial charge in [-0.25, -0.2) is 4.79 Å². The summed E-state index contributed by atoms with van der Waals surface area (Å²) in [5.41, 5.74) is 2.33. The Balaban J connectivity index is 1.62. The molecule has 152 valence electrons. The van der Waals surface area contributed by atoms with Gasteiger partial charge in [-0.05, 0) is 57.9 Å². The van der Waals surface area contributed by atoms with Crippen LogP contribution in [0, 0.1) is 0 Å². The molecular weight excluding hydrogens is 452 g/mol. The molecule has 2 amide bonds. The number of hydrogen-bond donors (Lipinski definition) is 1. The van der Waals surface area contributed by atoms with Gasteiger partial charge in [0.1, 0.15) is 6.04 Å². The summed E-state index contributed by atoms with van der Waals surface area (Å²) in [7, 11) is 1.30. The molecule has 1 aromatic heterocycles. The predicted molar refractivity (Wildman–Crippen MR) is 114 cm³/mol. The van der Waals surface area contributed by atoms with Gasteiger partial charge < -0.3 is 14.5 Å². The van der Waals surface area contributed by atoms with E-state index in [1.165, 1.54) is 18.1 Å². The van der Waals surface area contributed by atoms with E-state index in [0.29, 0.717) is 28.0 Å². The van der Waals surface area contributed by atoms with Crippen LogP contribution in [0.4, 0.5) is 11.4 Å². The van der Waals surface area contributed by atoms with Crippen molar-refractivity contribution in [1.82, 2.24) is 0 Å². The zero-order chi connectivity index (χ0) is 21.3. The van der Waals surface area contributed by atoms with Gasteiger partial charge in [0.2, 0.25) is 0 Å². The first kappa shape index (κ1) is 19.9. The van der Waals surface area contributed by atoms with Gasteiger partial charge in [0.25, 0.3) is 11.8 Å². The molecule has 0 aliphatic carbocycles. The van der Waals surface area contributed by atoms with Crippen LogP contribution in [0.25, 0.3) is 0 Å². The molecule has 0 fully saturated rings. The smallest absolute Gasteiger partial charge is 0.329 e. The molecule has 4 rings (SSSR count). The van der Waals surface area contributed by atoms with E-state index in [0.717, 1.165) is 5.56 Å². The van der Waals surface area contributed by atoms with Crippen molar-refractivity contribution in [2.75, 3.05) is 17.3 Å². The molecule has 7 nitrogen and oxygen atoms in total. The van der Waals surface area contributed by atoms with Crippen LogP contribution >= 0.6 is 15.9 Å². The maximum absolute atomic E-state index is 13.3. The van der Waals surface area contributed by atoms with Gasteiger partial charge in [0.15, 0.2) is 10.4 Å². The number of methoxy groups -OCH3 is 1. The van der Waals surface area contributed by atoms with Crippen molar-refractivity contribution in [3.8, 4) is 0 Å². The molecule has 0 bridgehead atoms. The Hall–Kier alpha value is -3.39. The first-order valence-corrected chi connectivity index (χ1v) is 9.93. The van der Waals surface area contributed by atoms with Gasteiger partial charge in [-0.1, -0.05) is 24.3 Å². The van der Waals surface area contributed by atoms with Crippen molar-refractivity contribution >= 4 is 45.1 Å². The highest BCUT2D eigenvalue weighted by molar-refractivity contribution is 9.10. The number of fused-ring (bicyclic) bond motifs is 1. The first-order chi connectivity index (χ1) is 14.5. The van der Waals surface area contributed by atoms with Crippen LogP contribution in [-0.2, 0) is 16.0 Å². The average molecular weight is 469 g/mol. The van der Waals surface area contributed by atoms with Gasteiger partial charge in [0.05, 0.1) is 7.11 Å². The zero-order valence-corrected chi connectivity index (χ0v) is 17.5. The lowest BCUT2D eigenvalue weighted by atomic mass is 10.1. The van der Waals surface area contributed by atoms with Gasteiger partial charge in [-0.15, -0.1) is 0 Å². The number of anilines is 2. The fourth-order valence-electron chi connectivity index (χ4n) is 3.46. The minimum absolute atomic E-state index is 0.137. The van der Waals surface area contributed by atoms with E-state index in [1.807, 2.05) is 18.2 Å². The summed E-state index contributed by atoms with van der Waals surface area (Å²) in [5.74, 6) is -1.14. The maximum Gasteiger partial charge on any atom is 0.329 e. The number of furan rings is 1. The largest absolute Gasteiger partial charge is 0.467 e. The molecular formula is C22H17BrN2O5. The van der Waals surface area contributed by atoms with E-state index in [4.69, 9.17) is 9.15 Å². The van der Waals surface area contributed by atoms with Crippen molar-refractivity contribution < 1.29 is 23.5 Å². The third-order valence-corrected chi connectivity index (χ3v) is 5.26. The number of carbonyl (C=O) groups is 3. The van der Waals surface area contributed by atoms with Crippen LogP contribution in [0.1, 0.15) is 26.5 Å². The molecule has 1 aliphatic heterocycles. The first-order valence-electron chi connectivity index (χ1n) is 9.14. The molecule has 3 aromatic rings. The van der Waals surface area contributed by atoms with Gasteiger partial charge in [0, 0.05) is 23.4 Å². The molecule has 30 heavy (non-hydrogen) atoms. The van der Waals surface area contributed by atoms with E-state index in [2.05, 4.69) is 21.2 Å². The summed E-state index contributed by atoms with van der Waals surface area (Å²) in [6.45, 7) is 0. The average Bonchev–Trinajstić information content (AvgIpc) is 3.36. The van der Waals surface area contributed by atoms with E-state index >= 15 is 0 Å². The Labute approximate surface area is 180 Å². The summed E-state index contributed by atoms with van der Waals surface area (Å²) in [4.78, 5) is 39.4. The number of carbonyl (C=O) groups excluding carboxylic acids is 3. The molecule has 1 unspecified atom stereocenters. The second-order valence-electron chi connectivity index (χ2n) is 6.69. The second-order valence-corrected chi connectivity index (χ2v) is 7.47. The van der Waals surface area contributed by atoms with Crippen LogP contribution in [-0.4, -0.2) is 30.9 Å². The molecule has 8 heteroatoms. The normalized spacial score (nSPS) is 14.9. The number of halogens is 1. The van der Waals surface area contributed by atoms with E-state index in [9.17, 15) is 14.4 Å². The monoisotopic (exact) mass is 468 g/mol. The van der Waals surface area contributed by atoms with Crippen molar-refractivity contribution in [3.63, 3.8) is 0 Å². The fourth-order valence-corrected chi connectivity index (χ4v) is 3.77. The lowest BCUT2D eigenvalue weighted by molar-refractivity contribution is -0.141. The highest BCUT2D eigenvalue weighted by Gasteiger charge is 2.39. The summed E-state index contributed by atoms with van der Waals surface area (Å²) in [6, 6.07) is 16.3. The Kier molecular flexibility index (Phi) is 5.41. The summed E-state index contributed by atoms with van der Waals surface area (Å²) in [6.07, 6.45) is 0.387. The van der Waals surface area contributed by atoms with Crippen LogP contribution in [0.2, 0.25) is 0 Å². The van der Waals surface area contributed by atoms with Crippen LogP contribution in [0.3, 0.4) is 0 Å². The van der Waals surface area contributed by atoms with E-state index in [-0.39, 0.29) is 11.7 Å². The van der Waals surface area contributed by atoms with Crippen LogP contribution in [0.15, 0.2) is 69.8 Å². The molecule has 2 heterocycles. The third kappa shape index (κ3) is 3.73. The predicted octanol–water partition coefficient (Wildman–Crippen LogP) is 4.04. The van der Waals surface area contributed by atoms with E-state index in [1.54, 1.807) is 36.4 Å². The maximum atomic E-state index is 13.3. The van der Waals surface area contributed by atoms with Crippen LogP contribution in [0.5, 0.6) is 0 Å². The zero-order valence-electron chi connectivity index (χ0n) is 15.9. The summed E-state index contributed by atoms with van der Waals surface area (Å²) >= 11 is 3.16. The number of ether oxygens (including phenoxy) is 1. The highest BCUT2D eigenvalue weighted by atomic mass is 79.9. The Morgan fingerprint density at radius 2 is 1.90 bits per heavy atom. The topological polar surface area (TPSA) is 88.9 Å². The number of nitrogens with zero attached hydrogens (tertiary/aromatic N) is 1. The third-order valence-electron chi connectivity index (χ3n) is 4.83. The van der Waals surface area contributed by atoms with Gasteiger partial charge in [-0.2, -0.15) is 0 Å². The molecule has 1 N–H and O–H groups in total. The number of esters is 1. The molecule has 0 radical (unpaired) electrons. The number of nitrogens with one attached hydrogen (secondary N) is 1. The van der Waals surface area contributed by atoms with Crippen LogP contribution < -0.4 is 10.2 Å². The standard InChI is InChI=1S/C22H17BrN2O5/c1-29-22(28)17-12-13-5-2-3-8-16(13)25(17)21(27)14-6-4-7-15(11-14)24-20(26)18-9-10-19(23)30-18/h2-11,17H,12H2,1H3,(H,24,26). The lowest BCUT2D eigenvalue weighted by Gasteiger charge is -2.24. The molecule has 0 saturated carbocycles. The molecule has 0 spiro atoms. The summed E-state index contributed by atoms with van der Waals surface area (Å²) < 4.78 is 10.6. The minimum atomic E-state index is -0.737. The van der Waals surface area contributed by atoms with Crippen molar-refractivity contribution in [1.29, 1.82) is 0 Å². The molecule has 2 aromatic carbocycles. The molecule has 1 atom stereocenters. The fraction of sp³-hybridized carbons (Fsp3) is 0.136. The number of hydrogen-bond acceptors (Lipinski definition) is 5. The van der Waals surface area contributed by atoms with Crippen molar-refractivity contribution in [3.05, 3.63) is 82.2 Å². The van der Waals surface area contributed by atoms with Gasteiger partial charge >= 0.3 is 5.97 Å².